The molecular weight excluding hydrogens is 424 g/mol. The summed E-state index contributed by atoms with van der Waals surface area (Å²) < 4.78 is 11.5. The maximum absolute atomic E-state index is 11.9. The van der Waals surface area contributed by atoms with Crippen molar-refractivity contribution in [3.8, 4) is 11.6 Å². The van der Waals surface area contributed by atoms with Crippen LogP contribution in [0.2, 0.25) is 0 Å². The molecule has 0 bridgehead atoms. The number of piperidine rings is 1. The number of aryl methyl sites for hydroxylation is 1. The first-order valence-electron chi connectivity index (χ1n) is 11.4. The molecule has 9 nitrogen and oxygen atoms in total. The van der Waals surface area contributed by atoms with E-state index in [1.54, 1.807) is 19.1 Å². The first-order chi connectivity index (χ1) is 15.8. The van der Waals surface area contributed by atoms with Crippen molar-refractivity contribution in [2.75, 3.05) is 31.2 Å². The van der Waals surface area contributed by atoms with Gasteiger partial charge in [-0.1, -0.05) is 26.0 Å². The predicted molar refractivity (Wildman–Crippen MR) is 125 cm³/mol. The number of nitrogens with zero attached hydrogens (tertiary/aromatic N) is 4. The first-order valence-corrected chi connectivity index (χ1v) is 11.4. The Morgan fingerprint density at radius 1 is 1.21 bits per heavy atom. The number of carbonyl (C=O) groups excluding carboxylic acids is 1. The molecule has 1 aliphatic heterocycles. The largest absolute Gasteiger partial charge is 0.434 e. The summed E-state index contributed by atoms with van der Waals surface area (Å²) in [5, 5.41) is 11.9. The molecule has 33 heavy (non-hydrogen) atoms. The van der Waals surface area contributed by atoms with Gasteiger partial charge in [-0.05, 0) is 55.7 Å². The number of benzene rings is 1. The molecule has 2 aromatic rings. The summed E-state index contributed by atoms with van der Waals surface area (Å²) in [4.78, 5) is 32.8. The Balaban J connectivity index is 1.68. The average molecular weight is 457 g/mol. The van der Waals surface area contributed by atoms with Crippen molar-refractivity contribution in [1.29, 1.82) is 0 Å². The monoisotopic (exact) mass is 456 g/mol. The van der Waals surface area contributed by atoms with Crippen LogP contribution in [-0.2, 0) is 16.0 Å². The average Bonchev–Trinajstić information content (AvgIpc) is 2.78. The Kier molecular flexibility index (Phi) is 8.71. The van der Waals surface area contributed by atoms with Crippen LogP contribution in [0.3, 0.4) is 0 Å². The van der Waals surface area contributed by atoms with Crippen molar-refractivity contribution in [1.82, 2.24) is 9.97 Å². The van der Waals surface area contributed by atoms with E-state index in [0.29, 0.717) is 50.1 Å². The lowest BCUT2D eigenvalue weighted by molar-refractivity contribution is -0.385. The number of ketones is 1. The summed E-state index contributed by atoms with van der Waals surface area (Å²) in [6.07, 6.45) is 4.19. The van der Waals surface area contributed by atoms with Gasteiger partial charge in [-0.15, -0.1) is 0 Å². The highest BCUT2D eigenvalue weighted by Gasteiger charge is 2.31. The number of carbonyl (C=O) groups is 1. The maximum Gasteiger partial charge on any atom is 0.373 e. The van der Waals surface area contributed by atoms with E-state index in [4.69, 9.17) is 9.47 Å². The zero-order valence-corrected chi connectivity index (χ0v) is 19.5. The van der Waals surface area contributed by atoms with Crippen LogP contribution in [0.4, 0.5) is 11.5 Å². The number of rotatable bonds is 11. The van der Waals surface area contributed by atoms with Gasteiger partial charge in [0, 0.05) is 32.7 Å². The number of ether oxygens (including phenoxy) is 2. The van der Waals surface area contributed by atoms with Crippen LogP contribution in [0.1, 0.15) is 45.6 Å². The molecule has 9 heteroatoms. The van der Waals surface area contributed by atoms with Gasteiger partial charge in [-0.25, -0.2) is 4.98 Å². The maximum atomic E-state index is 11.9. The van der Waals surface area contributed by atoms with Crippen LogP contribution >= 0.6 is 0 Å². The molecule has 1 aromatic heterocycles. The van der Waals surface area contributed by atoms with Crippen molar-refractivity contribution in [2.45, 2.75) is 46.5 Å². The summed E-state index contributed by atoms with van der Waals surface area (Å²) in [7, 11) is 0. The minimum atomic E-state index is -0.482. The standard InChI is InChI=1S/C24H32N4O5/c1-17(2)14-32-15-20-10-12-27(13-11-20)23-22(28(30)31)24(26-16-25-23)33-21-8-6-19(7-9-21)5-4-18(3)29/h6-9,16-17,20H,4-5,10-15H2,1-3H3. The molecule has 1 aliphatic rings. The Hall–Kier alpha value is -3.07. The number of anilines is 1. The lowest BCUT2D eigenvalue weighted by atomic mass is 9.97. The fourth-order valence-corrected chi connectivity index (χ4v) is 3.76. The Bertz CT molecular complexity index is 940. The van der Waals surface area contributed by atoms with E-state index in [2.05, 4.69) is 23.8 Å². The van der Waals surface area contributed by atoms with E-state index in [1.165, 1.54) is 6.33 Å². The van der Waals surface area contributed by atoms with Gasteiger partial charge in [0.05, 0.1) is 4.92 Å². The first kappa shape index (κ1) is 24.6. The van der Waals surface area contributed by atoms with Crippen LogP contribution in [0, 0.1) is 22.0 Å². The Morgan fingerprint density at radius 3 is 2.52 bits per heavy atom. The van der Waals surface area contributed by atoms with Crippen LogP contribution in [0.15, 0.2) is 30.6 Å². The number of nitro groups is 1. The zero-order chi connectivity index (χ0) is 23.8. The topological polar surface area (TPSA) is 108 Å². The number of hydrogen-bond donors (Lipinski definition) is 0. The van der Waals surface area contributed by atoms with E-state index in [1.807, 2.05) is 17.0 Å². The molecule has 0 spiro atoms. The molecular formula is C24H32N4O5. The quantitative estimate of drug-likeness (QED) is 0.357. The Morgan fingerprint density at radius 2 is 1.91 bits per heavy atom. The van der Waals surface area contributed by atoms with Crippen molar-refractivity contribution in [2.24, 2.45) is 11.8 Å². The van der Waals surface area contributed by atoms with Crippen LogP contribution in [0.25, 0.3) is 0 Å². The molecule has 0 radical (unpaired) electrons. The summed E-state index contributed by atoms with van der Waals surface area (Å²) in [6.45, 7) is 8.60. The van der Waals surface area contributed by atoms with Gasteiger partial charge in [0.15, 0.2) is 0 Å². The van der Waals surface area contributed by atoms with E-state index in [-0.39, 0.29) is 23.2 Å². The van der Waals surface area contributed by atoms with Crippen LogP contribution in [0.5, 0.6) is 11.6 Å². The van der Waals surface area contributed by atoms with Crippen molar-refractivity contribution in [3.05, 3.63) is 46.3 Å². The minimum Gasteiger partial charge on any atom is -0.434 e. The van der Waals surface area contributed by atoms with Crippen LogP contribution in [-0.4, -0.2) is 47.0 Å². The fourth-order valence-electron chi connectivity index (χ4n) is 3.76. The highest BCUT2D eigenvalue weighted by Crippen LogP contribution is 2.37. The van der Waals surface area contributed by atoms with E-state index < -0.39 is 4.92 Å². The third-order valence-electron chi connectivity index (χ3n) is 5.57. The van der Waals surface area contributed by atoms with Gasteiger partial charge in [0.1, 0.15) is 17.9 Å². The summed E-state index contributed by atoms with van der Waals surface area (Å²) >= 11 is 0. The molecule has 178 valence electrons. The van der Waals surface area contributed by atoms with E-state index in [9.17, 15) is 14.9 Å². The summed E-state index contributed by atoms with van der Waals surface area (Å²) in [5.74, 6) is 1.72. The van der Waals surface area contributed by atoms with E-state index in [0.717, 1.165) is 25.0 Å². The van der Waals surface area contributed by atoms with Gasteiger partial charge < -0.3 is 19.2 Å². The molecule has 1 aromatic carbocycles. The predicted octanol–water partition coefficient (Wildman–Crippen LogP) is 4.59. The molecule has 0 atom stereocenters. The van der Waals surface area contributed by atoms with Gasteiger partial charge in [-0.3, -0.25) is 10.1 Å². The van der Waals surface area contributed by atoms with Gasteiger partial charge >= 0.3 is 11.6 Å². The smallest absolute Gasteiger partial charge is 0.373 e. The molecule has 0 aliphatic carbocycles. The zero-order valence-electron chi connectivity index (χ0n) is 19.5. The molecule has 2 heterocycles. The third-order valence-corrected chi connectivity index (χ3v) is 5.57. The Labute approximate surface area is 194 Å². The number of hydrogen-bond acceptors (Lipinski definition) is 8. The van der Waals surface area contributed by atoms with Crippen molar-refractivity contribution >= 4 is 17.3 Å². The van der Waals surface area contributed by atoms with Crippen molar-refractivity contribution < 1.29 is 19.2 Å². The number of aromatic nitrogens is 2. The summed E-state index contributed by atoms with van der Waals surface area (Å²) in [5.41, 5.74) is 0.767. The second-order valence-corrected chi connectivity index (χ2v) is 8.92. The lowest BCUT2D eigenvalue weighted by Gasteiger charge is -2.32. The molecule has 0 unspecified atom stereocenters. The van der Waals surface area contributed by atoms with Gasteiger partial charge in [0.2, 0.25) is 5.82 Å². The fraction of sp³-hybridized carbons (Fsp3) is 0.542. The van der Waals surface area contributed by atoms with Crippen molar-refractivity contribution in [3.63, 3.8) is 0 Å². The number of Topliss-reactive ketones (excluding diaryl/α,β-unsaturated/α-hetero) is 1. The van der Waals surface area contributed by atoms with E-state index >= 15 is 0 Å². The van der Waals surface area contributed by atoms with Gasteiger partial charge in [0.25, 0.3) is 0 Å². The molecule has 3 rings (SSSR count). The van der Waals surface area contributed by atoms with Gasteiger partial charge in [-0.2, -0.15) is 4.98 Å². The molecule has 0 saturated carbocycles. The molecule has 1 saturated heterocycles. The minimum absolute atomic E-state index is 0.0797. The lowest BCUT2D eigenvalue weighted by Crippen LogP contribution is -2.36. The van der Waals surface area contributed by atoms with Crippen LogP contribution < -0.4 is 9.64 Å². The molecule has 0 N–H and O–H groups in total. The highest BCUT2D eigenvalue weighted by atomic mass is 16.6. The third kappa shape index (κ3) is 7.21. The highest BCUT2D eigenvalue weighted by molar-refractivity contribution is 5.75. The molecule has 1 fully saturated rings. The SMILES string of the molecule is CC(=O)CCc1ccc(Oc2ncnc(N3CCC(COCC(C)C)CC3)c2[N+](=O)[O-])cc1. The molecule has 0 amide bonds. The second-order valence-electron chi connectivity index (χ2n) is 8.92. The normalized spacial score (nSPS) is 14.5. The summed E-state index contributed by atoms with van der Waals surface area (Å²) in [6, 6.07) is 7.14. The second kappa shape index (κ2) is 11.7.